The monoisotopic (exact) mass is 285 g/mol. The standard InChI is InChI=1S/C15H15N3OS/c1-10-4-3-5-12(6-10)16-8-13-7-14(19)18-11(2)9-20-15(18)17-13/h3-7,9,16H,8H2,1-2H3. The molecule has 2 heterocycles. The van der Waals surface area contributed by atoms with Gasteiger partial charge in [0.15, 0.2) is 4.96 Å². The Kier molecular flexibility index (Phi) is 3.28. The molecule has 0 aliphatic carbocycles. The summed E-state index contributed by atoms with van der Waals surface area (Å²) >= 11 is 1.49. The van der Waals surface area contributed by atoms with Crippen LogP contribution in [-0.2, 0) is 6.54 Å². The zero-order valence-electron chi connectivity index (χ0n) is 11.4. The Hall–Kier alpha value is -2.14. The second-order valence-electron chi connectivity index (χ2n) is 4.80. The predicted molar refractivity (Wildman–Crippen MR) is 82.6 cm³/mol. The molecule has 3 aromatic rings. The van der Waals surface area contributed by atoms with Crippen LogP contribution in [0.4, 0.5) is 5.69 Å². The van der Waals surface area contributed by atoms with Crippen LogP contribution in [0, 0.1) is 13.8 Å². The fourth-order valence-corrected chi connectivity index (χ4v) is 3.03. The highest BCUT2D eigenvalue weighted by molar-refractivity contribution is 7.15. The summed E-state index contributed by atoms with van der Waals surface area (Å²) in [4.78, 5) is 17.3. The van der Waals surface area contributed by atoms with Gasteiger partial charge in [-0.25, -0.2) is 4.98 Å². The molecule has 5 heteroatoms. The first kappa shape index (κ1) is 12.9. The maximum Gasteiger partial charge on any atom is 0.259 e. The second-order valence-corrected chi connectivity index (χ2v) is 5.64. The van der Waals surface area contributed by atoms with E-state index in [9.17, 15) is 4.79 Å². The molecule has 102 valence electrons. The van der Waals surface area contributed by atoms with Gasteiger partial charge in [-0.15, -0.1) is 11.3 Å². The molecule has 0 radical (unpaired) electrons. The molecular formula is C15H15N3OS. The van der Waals surface area contributed by atoms with Gasteiger partial charge in [0.05, 0.1) is 12.2 Å². The molecule has 2 aromatic heterocycles. The summed E-state index contributed by atoms with van der Waals surface area (Å²) < 4.78 is 1.64. The van der Waals surface area contributed by atoms with E-state index >= 15 is 0 Å². The van der Waals surface area contributed by atoms with Crippen LogP contribution in [0.15, 0.2) is 40.5 Å². The maximum absolute atomic E-state index is 12.0. The number of anilines is 1. The fraction of sp³-hybridized carbons (Fsp3) is 0.200. The molecule has 0 atom stereocenters. The normalized spacial score (nSPS) is 10.9. The third kappa shape index (κ3) is 2.44. The molecule has 0 fully saturated rings. The van der Waals surface area contributed by atoms with Crippen molar-refractivity contribution in [2.24, 2.45) is 0 Å². The topological polar surface area (TPSA) is 46.4 Å². The van der Waals surface area contributed by atoms with Crippen molar-refractivity contribution in [1.29, 1.82) is 0 Å². The molecule has 0 amide bonds. The van der Waals surface area contributed by atoms with Crippen molar-refractivity contribution in [3.05, 3.63) is 63.0 Å². The lowest BCUT2D eigenvalue weighted by Crippen LogP contribution is -2.16. The van der Waals surface area contributed by atoms with Gasteiger partial charge in [-0.2, -0.15) is 0 Å². The van der Waals surface area contributed by atoms with Crippen LogP contribution < -0.4 is 10.9 Å². The number of hydrogen-bond acceptors (Lipinski definition) is 4. The van der Waals surface area contributed by atoms with Gasteiger partial charge in [0.25, 0.3) is 5.56 Å². The van der Waals surface area contributed by atoms with Crippen molar-refractivity contribution >= 4 is 22.0 Å². The Bertz CT molecular complexity index is 819. The van der Waals surface area contributed by atoms with Crippen LogP contribution in [0.25, 0.3) is 4.96 Å². The minimum absolute atomic E-state index is 0.0187. The van der Waals surface area contributed by atoms with Crippen molar-refractivity contribution in [2.75, 3.05) is 5.32 Å². The summed E-state index contributed by atoms with van der Waals surface area (Å²) in [5, 5.41) is 5.24. The average Bonchev–Trinajstić information content (AvgIpc) is 2.79. The zero-order valence-corrected chi connectivity index (χ0v) is 12.2. The number of aromatic nitrogens is 2. The minimum atomic E-state index is -0.0187. The molecule has 0 saturated heterocycles. The number of rotatable bonds is 3. The summed E-state index contributed by atoms with van der Waals surface area (Å²) in [5.41, 5.74) is 3.91. The Morgan fingerprint density at radius 1 is 1.30 bits per heavy atom. The number of nitrogens with zero attached hydrogens (tertiary/aromatic N) is 2. The molecule has 4 nitrogen and oxygen atoms in total. The lowest BCUT2D eigenvalue weighted by molar-refractivity contribution is 0.965. The van der Waals surface area contributed by atoms with E-state index in [0.29, 0.717) is 6.54 Å². The van der Waals surface area contributed by atoms with E-state index in [4.69, 9.17) is 0 Å². The summed E-state index contributed by atoms with van der Waals surface area (Å²) in [7, 11) is 0. The third-order valence-corrected chi connectivity index (χ3v) is 4.06. The third-order valence-electron chi connectivity index (χ3n) is 3.12. The van der Waals surface area contributed by atoms with E-state index in [0.717, 1.165) is 22.0 Å². The highest BCUT2D eigenvalue weighted by Crippen LogP contribution is 2.13. The quantitative estimate of drug-likeness (QED) is 0.804. The number of fused-ring (bicyclic) bond motifs is 1. The number of aryl methyl sites for hydroxylation is 2. The molecule has 0 aliphatic rings. The number of benzene rings is 1. The molecule has 0 aliphatic heterocycles. The first-order valence-electron chi connectivity index (χ1n) is 6.41. The first-order chi connectivity index (χ1) is 9.63. The zero-order chi connectivity index (χ0) is 14.1. The first-order valence-corrected chi connectivity index (χ1v) is 7.29. The summed E-state index contributed by atoms with van der Waals surface area (Å²) in [6, 6.07) is 9.73. The molecule has 0 unspecified atom stereocenters. The van der Waals surface area contributed by atoms with Crippen LogP contribution in [-0.4, -0.2) is 9.38 Å². The summed E-state index contributed by atoms with van der Waals surface area (Å²) in [5.74, 6) is 0. The van der Waals surface area contributed by atoms with Gasteiger partial charge < -0.3 is 5.32 Å². The van der Waals surface area contributed by atoms with Gasteiger partial charge in [0, 0.05) is 22.8 Å². The van der Waals surface area contributed by atoms with E-state index in [1.54, 1.807) is 10.5 Å². The van der Waals surface area contributed by atoms with E-state index in [2.05, 4.69) is 29.4 Å². The molecule has 20 heavy (non-hydrogen) atoms. The van der Waals surface area contributed by atoms with Crippen LogP contribution in [0.1, 0.15) is 17.0 Å². The van der Waals surface area contributed by atoms with Crippen molar-refractivity contribution in [1.82, 2.24) is 9.38 Å². The molecule has 0 spiro atoms. The van der Waals surface area contributed by atoms with Gasteiger partial charge >= 0.3 is 0 Å². The van der Waals surface area contributed by atoms with Gasteiger partial charge in [0.1, 0.15) is 0 Å². The Labute approximate surface area is 120 Å². The van der Waals surface area contributed by atoms with Crippen molar-refractivity contribution in [3.63, 3.8) is 0 Å². The van der Waals surface area contributed by atoms with Gasteiger partial charge in [-0.3, -0.25) is 9.20 Å². The molecular weight excluding hydrogens is 270 g/mol. The Morgan fingerprint density at radius 2 is 2.15 bits per heavy atom. The summed E-state index contributed by atoms with van der Waals surface area (Å²) in [6.45, 7) is 4.51. The predicted octanol–water partition coefficient (Wildman–Crippen LogP) is 2.98. The lowest BCUT2D eigenvalue weighted by Gasteiger charge is -2.07. The Morgan fingerprint density at radius 3 is 2.95 bits per heavy atom. The number of nitrogens with one attached hydrogen (secondary N) is 1. The van der Waals surface area contributed by atoms with Gasteiger partial charge in [-0.1, -0.05) is 12.1 Å². The molecule has 0 saturated carbocycles. The Balaban J connectivity index is 1.86. The van der Waals surface area contributed by atoms with Gasteiger partial charge in [0.2, 0.25) is 0 Å². The number of thiazole rings is 1. The minimum Gasteiger partial charge on any atom is -0.379 e. The van der Waals surface area contributed by atoms with Crippen LogP contribution in [0.3, 0.4) is 0 Å². The highest BCUT2D eigenvalue weighted by Gasteiger charge is 2.06. The molecule has 1 N–H and O–H groups in total. The lowest BCUT2D eigenvalue weighted by atomic mass is 10.2. The van der Waals surface area contributed by atoms with E-state index < -0.39 is 0 Å². The van der Waals surface area contributed by atoms with Crippen LogP contribution in [0.2, 0.25) is 0 Å². The van der Waals surface area contributed by atoms with E-state index in [-0.39, 0.29) is 5.56 Å². The average molecular weight is 285 g/mol. The van der Waals surface area contributed by atoms with Crippen LogP contribution in [0.5, 0.6) is 0 Å². The van der Waals surface area contributed by atoms with E-state index in [1.807, 2.05) is 24.4 Å². The van der Waals surface area contributed by atoms with Crippen molar-refractivity contribution in [3.8, 4) is 0 Å². The smallest absolute Gasteiger partial charge is 0.259 e. The largest absolute Gasteiger partial charge is 0.379 e. The van der Waals surface area contributed by atoms with E-state index in [1.165, 1.54) is 16.9 Å². The number of hydrogen-bond donors (Lipinski definition) is 1. The summed E-state index contributed by atoms with van der Waals surface area (Å²) in [6.07, 6.45) is 0. The fourth-order valence-electron chi connectivity index (χ4n) is 2.14. The van der Waals surface area contributed by atoms with Gasteiger partial charge in [-0.05, 0) is 31.5 Å². The maximum atomic E-state index is 12.0. The molecule has 1 aromatic carbocycles. The highest BCUT2D eigenvalue weighted by atomic mass is 32.1. The van der Waals surface area contributed by atoms with Crippen molar-refractivity contribution < 1.29 is 0 Å². The second kappa shape index (κ2) is 5.09. The molecule has 0 bridgehead atoms. The SMILES string of the molecule is Cc1cccc(NCc2cc(=O)n3c(C)csc3n2)c1. The van der Waals surface area contributed by atoms with Crippen molar-refractivity contribution in [2.45, 2.75) is 20.4 Å². The molecule has 3 rings (SSSR count). The van der Waals surface area contributed by atoms with Crippen LogP contribution >= 0.6 is 11.3 Å².